The topological polar surface area (TPSA) is 3.24 Å². The fourth-order valence-electron chi connectivity index (χ4n) is 3.11. The van der Waals surface area contributed by atoms with Crippen molar-refractivity contribution in [3.8, 4) is 0 Å². The summed E-state index contributed by atoms with van der Waals surface area (Å²) in [6, 6.07) is 19.9. The first-order valence-electron chi connectivity index (χ1n) is 6.59. The Morgan fingerprint density at radius 1 is 0.632 bits per heavy atom. The molecule has 0 aliphatic heterocycles. The summed E-state index contributed by atoms with van der Waals surface area (Å²) in [5, 5.41) is 8.10. The molecule has 0 spiro atoms. The third-order valence-electron chi connectivity index (χ3n) is 3.99. The Labute approximate surface area is 112 Å². The molecule has 4 aromatic carbocycles. The summed E-state index contributed by atoms with van der Waals surface area (Å²) >= 11 is 0. The molecule has 0 atom stereocenters. The smallest absolute Gasteiger partial charge is 0.0441 e. The van der Waals surface area contributed by atoms with Gasteiger partial charge in [-0.15, -0.1) is 0 Å². The Balaban J connectivity index is 2.35. The quantitative estimate of drug-likeness (QED) is 0.441. The molecular formula is C18H15N. The second-order valence-corrected chi connectivity index (χ2v) is 5.34. The van der Waals surface area contributed by atoms with Crippen molar-refractivity contribution < 1.29 is 0 Å². The van der Waals surface area contributed by atoms with Crippen LogP contribution in [0.5, 0.6) is 0 Å². The minimum Gasteiger partial charge on any atom is -0.377 e. The first kappa shape index (κ1) is 10.6. The van der Waals surface area contributed by atoms with Gasteiger partial charge in [-0.25, -0.2) is 0 Å². The van der Waals surface area contributed by atoms with E-state index in [1.807, 2.05) is 0 Å². The molecule has 0 aromatic heterocycles. The highest BCUT2D eigenvalue weighted by Gasteiger charge is 2.10. The predicted octanol–water partition coefficient (Wildman–Crippen LogP) is 4.65. The van der Waals surface area contributed by atoms with Gasteiger partial charge in [0, 0.05) is 25.2 Å². The van der Waals surface area contributed by atoms with E-state index in [4.69, 9.17) is 0 Å². The molecule has 1 heteroatoms. The summed E-state index contributed by atoms with van der Waals surface area (Å²) < 4.78 is 0. The lowest BCUT2D eigenvalue weighted by molar-refractivity contribution is 1.14. The minimum absolute atomic E-state index is 1.28. The normalized spacial score (nSPS) is 11.7. The van der Waals surface area contributed by atoms with Crippen molar-refractivity contribution in [2.24, 2.45) is 0 Å². The maximum absolute atomic E-state index is 2.25. The van der Waals surface area contributed by atoms with Crippen molar-refractivity contribution in [2.75, 3.05) is 19.0 Å². The molecule has 19 heavy (non-hydrogen) atoms. The van der Waals surface area contributed by atoms with E-state index in [1.54, 1.807) is 0 Å². The molecule has 0 aliphatic rings. The van der Waals surface area contributed by atoms with Crippen LogP contribution in [0.25, 0.3) is 32.3 Å². The Morgan fingerprint density at radius 2 is 1.21 bits per heavy atom. The molecular weight excluding hydrogens is 230 g/mol. The minimum atomic E-state index is 1.28. The monoisotopic (exact) mass is 245 g/mol. The summed E-state index contributed by atoms with van der Waals surface area (Å²) in [5.74, 6) is 0. The maximum Gasteiger partial charge on any atom is 0.0441 e. The molecule has 4 rings (SSSR count). The third-order valence-corrected chi connectivity index (χ3v) is 3.99. The van der Waals surface area contributed by atoms with Gasteiger partial charge in [0.2, 0.25) is 0 Å². The van der Waals surface area contributed by atoms with Crippen molar-refractivity contribution in [3.05, 3.63) is 54.6 Å². The van der Waals surface area contributed by atoms with E-state index in [-0.39, 0.29) is 0 Å². The third kappa shape index (κ3) is 1.36. The molecule has 0 aliphatic carbocycles. The van der Waals surface area contributed by atoms with E-state index in [0.29, 0.717) is 0 Å². The van der Waals surface area contributed by atoms with Gasteiger partial charge in [0.1, 0.15) is 0 Å². The van der Waals surface area contributed by atoms with Crippen LogP contribution >= 0.6 is 0 Å². The Hall–Kier alpha value is -2.28. The van der Waals surface area contributed by atoms with Gasteiger partial charge >= 0.3 is 0 Å². The first-order chi connectivity index (χ1) is 9.25. The van der Waals surface area contributed by atoms with Crippen molar-refractivity contribution in [1.29, 1.82) is 0 Å². The second kappa shape index (κ2) is 3.61. The summed E-state index contributed by atoms with van der Waals surface area (Å²) in [6.07, 6.45) is 0. The Bertz CT molecular complexity index is 874. The van der Waals surface area contributed by atoms with Gasteiger partial charge in [0.15, 0.2) is 0 Å². The predicted molar refractivity (Wildman–Crippen MR) is 84.5 cm³/mol. The van der Waals surface area contributed by atoms with Gasteiger partial charge in [-0.05, 0) is 33.0 Å². The molecule has 0 unspecified atom stereocenters. The SMILES string of the molecule is CN(C)c1ccc2ccc3cccc4ccc1c2c34. The van der Waals surface area contributed by atoms with E-state index < -0.39 is 0 Å². The summed E-state index contributed by atoms with van der Waals surface area (Å²) in [5.41, 5.74) is 1.28. The van der Waals surface area contributed by atoms with Gasteiger partial charge in [-0.2, -0.15) is 0 Å². The number of hydrogen-bond donors (Lipinski definition) is 0. The molecule has 0 fully saturated rings. The summed E-state index contributed by atoms with van der Waals surface area (Å²) in [6.45, 7) is 0. The molecule has 0 bridgehead atoms. The van der Waals surface area contributed by atoms with Crippen molar-refractivity contribution >= 4 is 38.0 Å². The van der Waals surface area contributed by atoms with Gasteiger partial charge in [0.25, 0.3) is 0 Å². The highest BCUT2D eigenvalue weighted by atomic mass is 15.1. The largest absolute Gasteiger partial charge is 0.377 e. The average molecular weight is 245 g/mol. The van der Waals surface area contributed by atoms with Crippen LogP contribution in [0.3, 0.4) is 0 Å². The molecule has 1 nitrogen and oxygen atoms in total. The number of nitrogens with zero attached hydrogens (tertiary/aromatic N) is 1. The van der Waals surface area contributed by atoms with E-state index in [0.717, 1.165) is 0 Å². The summed E-state index contributed by atoms with van der Waals surface area (Å²) in [4.78, 5) is 2.19. The fraction of sp³-hybridized carbons (Fsp3) is 0.111. The highest BCUT2D eigenvalue weighted by molar-refractivity contribution is 6.25. The van der Waals surface area contributed by atoms with E-state index in [9.17, 15) is 0 Å². The number of hydrogen-bond acceptors (Lipinski definition) is 1. The fourth-order valence-corrected chi connectivity index (χ4v) is 3.11. The molecule has 0 N–H and O–H groups in total. The molecule has 92 valence electrons. The van der Waals surface area contributed by atoms with Gasteiger partial charge in [-0.3, -0.25) is 0 Å². The van der Waals surface area contributed by atoms with Gasteiger partial charge < -0.3 is 4.90 Å². The highest BCUT2D eigenvalue weighted by Crippen LogP contribution is 2.38. The van der Waals surface area contributed by atoms with Crippen LogP contribution in [0.2, 0.25) is 0 Å². The Morgan fingerprint density at radius 3 is 1.89 bits per heavy atom. The van der Waals surface area contributed by atoms with Gasteiger partial charge in [-0.1, -0.05) is 48.5 Å². The van der Waals surface area contributed by atoms with Crippen LogP contribution in [0.15, 0.2) is 54.6 Å². The van der Waals surface area contributed by atoms with Crippen LogP contribution < -0.4 is 4.90 Å². The lowest BCUT2D eigenvalue weighted by Gasteiger charge is -2.18. The van der Waals surface area contributed by atoms with Crippen molar-refractivity contribution in [2.45, 2.75) is 0 Å². The van der Waals surface area contributed by atoms with Crippen LogP contribution in [0, 0.1) is 0 Å². The summed E-state index contributed by atoms with van der Waals surface area (Å²) in [7, 11) is 4.21. The van der Waals surface area contributed by atoms with Crippen molar-refractivity contribution in [1.82, 2.24) is 0 Å². The lowest BCUT2D eigenvalue weighted by Crippen LogP contribution is -2.09. The second-order valence-electron chi connectivity index (χ2n) is 5.34. The molecule has 0 saturated heterocycles. The van der Waals surface area contributed by atoms with E-state index in [1.165, 1.54) is 38.0 Å². The average Bonchev–Trinajstić information content (AvgIpc) is 2.44. The van der Waals surface area contributed by atoms with Crippen LogP contribution in [-0.4, -0.2) is 14.1 Å². The molecule has 0 saturated carbocycles. The number of rotatable bonds is 1. The first-order valence-corrected chi connectivity index (χ1v) is 6.59. The number of benzene rings is 4. The Kier molecular flexibility index (Phi) is 2.02. The van der Waals surface area contributed by atoms with Crippen molar-refractivity contribution in [3.63, 3.8) is 0 Å². The van der Waals surface area contributed by atoms with E-state index in [2.05, 4.69) is 73.6 Å². The van der Waals surface area contributed by atoms with E-state index >= 15 is 0 Å². The maximum atomic E-state index is 2.25. The zero-order valence-electron chi connectivity index (χ0n) is 11.1. The van der Waals surface area contributed by atoms with Gasteiger partial charge in [0.05, 0.1) is 0 Å². The van der Waals surface area contributed by atoms with Crippen LogP contribution in [0.4, 0.5) is 5.69 Å². The van der Waals surface area contributed by atoms with Crippen LogP contribution in [0.1, 0.15) is 0 Å². The zero-order chi connectivity index (χ0) is 13.0. The zero-order valence-corrected chi connectivity index (χ0v) is 11.1. The number of anilines is 1. The van der Waals surface area contributed by atoms with Crippen LogP contribution in [-0.2, 0) is 0 Å². The molecule has 0 radical (unpaired) electrons. The molecule has 4 aromatic rings. The molecule has 0 amide bonds. The standard InChI is InChI=1S/C18H15N/c1-19(2)16-11-9-14-7-6-12-4-3-5-13-8-10-15(16)18(14)17(12)13/h3-11H,1-2H3. The molecule has 0 heterocycles. The lowest BCUT2D eigenvalue weighted by atomic mass is 9.93.